The van der Waals surface area contributed by atoms with Crippen molar-refractivity contribution < 1.29 is 9.13 Å². The van der Waals surface area contributed by atoms with Crippen LogP contribution in [0.15, 0.2) is 79.0 Å². The quantitative estimate of drug-likeness (QED) is 0.410. The standard InChI is InChI=1S/C26H23ClFN3O/c27-21-5-3-4-20(16-21)18-8-10-19(11-9-18)26(31-12-14-32-15-13-31)23-17-29-30-25(23)22-6-1-2-7-24(22)28/h1-11,16-17,26H,12-15H2,(H,29,30). The van der Waals surface area contributed by atoms with Gasteiger partial charge in [-0.15, -0.1) is 0 Å². The van der Waals surface area contributed by atoms with Crippen molar-refractivity contribution in [2.45, 2.75) is 6.04 Å². The first-order valence-electron chi connectivity index (χ1n) is 10.7. The summed E-state index contributed by atoms with van der Waals surface area (Å²) < 4.78 is 20.2. The second-order valence-electron chi connectivity index (χ2n) is 7.86. The molecule has 0 amide bonds. The summed E-state index contributed by atoms with van der Waals surface area (Å²) in [5, 5.41) is 8.04. The Bertz CT molecular complexity index is 1200. The molecule has 6 heteroatoms. The number of halogens is 2. The number of ether oxygens (including phenoxy) is 1. The van der Waals surface area contributed by atoms with Crippen LogP contribution >= 0.6 is 11.6 Å². The first-order valence-corrected chi connectivity index (χ1v) is 11.0. The minimum absolute atomic E-state index is 0.0688. The Kier molecular flexibility index (Phi) is 6.04. The molecule has 4 aromatic rings. The van der Waals surface area contributed by atoms with Crippen molar-refractivity contribution in [1.82, 2.24) is 15.1 Å². The Morgan fingerprint density at radius 2 is 1.72 bits per heavy atom. The number of aromatic amines is 1. The molecule has 162 valence electrons. The second kappa shape index (κ2) is 9.25. The molecule has 4 nitrogen and oxygen atoms in total. The Balaban J connectivity index is 1.56. The maximum absolute atomic E-state index is 14.6. The van der Waals surface area contributed by atoms with E-state index in [1.165, 1.54) is 6.07 Å². The number of nitrogens with zero attached hydrogens (tertiary/aromatic N) is 2. The third-order valence-electron chi connectivity index (χ3n) is 5.90. The molecule has 1 saturated heterocycles. The molecule has 1 aromatic heterocycles. The van der Waals surface area contributed by atoms with Gasteiger partial charge in [-0.2, -0.15) is 5.10 Å². The highest BCUT2D eigenvalue weighted by Gasteiger charge is 2.28. The van der Waals surface area contributed by atoms with E-state index in [-0.39, 0.29) is 11.9 Å². The summed E-state index contributed by atoms with van der Waals surface area (Å²) in [5.74, 6) is -0.268. The fourth-order valence-corrected chi connectivity index (χ4v) is 4.52. The summed E-state index contributed by atoms with van der Waals surface area (Å²) in [6.45, 7) is 2.93. The van der Waals surface area contributed by atoms with Crippen LogP contribution in [-0.4, -0.2) is 41.4 Å². The van der Waals surface area contributed by atoms with Gasteiger partial charge in [-0.3, -0.25) is 10.00 Å². The van der Waals surface area contributed by atoms with Crippen LogP contribution in [0.25, 0.3) is 22.4 Å². The van der Waals surface area contributed by atoms with Gasteiger partial charge in [0.05, 0.1) is 31.1 Å². The third kappa shape index (κ3) is 4.19. The van der Waals surface area contributed by atoms with Gasteiger partial charge in [-0.1, -0.05) is 60.1 Å². The van der Waals surface area contributed by atoms with Gasteiger partial charge in [-0.05, 0) is 41.0 Å². The summed E-state index contributed by atoms with van der Waals surface area (Å²) in [7, 11) is 0. The fourth-order valence-electron chi connectivity index (χ4n) is 4.33. The largest absolute Gasteiger partial charge is 0.379 e. The highest BCUT2D eigenvalue weighted by Crippen LogP contribution is 2.36. The molecule has 2 heterocycles. The van der Waals surface area contributed by atoms with Gasteiger partial charge < -0.3 is 4.74 Å². The van der Waals surface area contributed by atoms with Crippen molar-refractivity contribution in [1.29, 1.82) is 0 Å². The van der Waals surface area contributed by atoms with Crippen molar-refractivity contribution in [2.24, 2.45) is 0 Å². The highest BCUT2D eigenvalue weighted by atomic mass is 35.5. The zero-order chi connectivity index (χ0) is 21.9. The molecule has 1 atom stereocenters. The van der Waals surface area contributed by atoms with E-state index in [0.29, 0.717) is 29.5 Å². The average Bonchev–Trinajstić information content (AvgIpc) is 3.30. The number of morpholine rings is 1. The summed E-state index contributed by atoms with van der Waals surface area (Å²) in [6.07, 6.45) is 1.81. The van der Waals surface area contributed by atoms with Gasteiger partial charge >= 0.3 is 0 Å². The number of hydrogen-bond acceptors (Lipinski definition) is 3. The molecule has 1 N–H and O–H groups in total. The molecule has 1 aliphatic rings. The summed E-state index contributed by atoms with van der Waals surface area (Å²) >= 11 is 6.17. The lowest BCUT2D eigenvalue weighted by Gasteiger charge is -2.35. The van der Waals surface area contributed by atoms with Crippen LogP contribution in [0.4, 0.5) is 4.39 Å². The first kappa shape index (κ1) is 20.9. The summed E-state index contributed by atoms with van der Waals surface area (Å²) in [4.78, 5) is 2.37. The molecule has 1 fully saturated rings. The Labute approximate surface area is 191 Å². The number of H-pyrrole nitrogens is 1. The van der Waals surface area contributed by atoms with Crippen LogP contribution in [0.5, 0.6) is 0 Å². The maximum atomic E-state index is 14.6. The predicted molar refractivity (Wildman–Crippen MR) is 125 cm³/mol. The van der Waals surface area contributed by atoms with Crippen LogP contribution in [0, 0.1) is 5.82 Å². The molecule has 3 aromatic carbocycles. The molecule has 1 unspecified atom stereocenters. The van der Waals surface area contributed by atoms with E-state index in [9.17, 15) is 4.39 Å². The number of benzene rings is 3. The molecule has 32 heavy (non-hydrogen) atoms. The Hall–Kier alpha value is -2.99. The average molecular weight is 448 g/mol. The smallest absolute Gasteiger partial charge is 0.132 e. The highest BCUT2D eigenvalue weighted by molar-refractivity contribution is 6.30. The SMILES string of the molecule is Fc1ccccc1-c1[nH]ncc1C(c1ccc(-c2cccc(Cl)c2)cc1)N1CCOCC1. The molecule has 0 bridgehead atoms. The van der Waals surface area contributed by atoms with Crippen LogP contribution < -0.4 is 0 Å². The third-order valence-corrected chi connectivity index (χ3v) is 6.14. The van der Waals surface area contributed by atoms with Crippen LogP contribution in [0.2, 0.25) is 5.02 Å². The molecule has 1 aliphatic heterocycles. The number of hydrogen-bond donors (Lipinski definition) is 1. The lowest BCUT2D eigenvalue weighted by molar-refractivity contribution is 0.0240. The van der Waals surface area contributed by atoms with Crippen molar-refractivity contribution in [2.75, 3.05) is 26.3 Å². The van der Waals surface area contributed by atoms with E-state index < -0.39 is 0 Å². The normalized spacial score (nSPS) is 15.6. The predicted octanol–water partition coefficient (Wildman–Crippen LogP) is 5.96. The van der Waals surface area contributed by atoms with Crippen molar-refractivity contribution in [3.8, 4) is 22.4 Å². The van der Waals surface area contributed by atoms with Gasteiger partial charge in [0.2, 0.25) is 0 Å². The van der Waals surface area contributed by atoms with E-state index >= 15 is 0 Å². The van der Waals surface area contributed by atoms with Crippen LogP contribution in [-0.2, 0) is 4.74 Å². The number of nitrogens with one attached hydrogen (secondary N) is 1. The number of rotatable bonds is 5. The Morgan fingerprint density at radius 3 is 2.47 bits per heavy atom. The Morgan fingerprint density at radius 1 is 0.938 bits per heavy atom. The fraction of sp³-hybridized carbons (Fsp3) is 0.192. The zero-order valence-corrected chi connectivity index (χ0v) is 18.2. The maximum Gasteiger partial charge on any atom is 0.132 e. The lowest BCUT2D eigenvalue weighted by atomic mass is 9.93. The molecular weight excluding hydrogens is 425 g/mol. The zero-order valence-electron chi connectivity index (χ0n) is 17.5. The topological polar surface area (TPSA) is 41.2 Å². The van der Waals surface area contributed by atoms with E-state index in [1.54, 1.807) is 12.1 Å². The summed E-state index contributed by atoms with van der Waals surface area (Å²) in [5.41, 5.74) is 5.47. The molecule has 0 spiro atoms. The van der Waals surface area contributed by atoms with Gasteiger partial charge in [0, 0.05) is 29.2 Å². The van der Waals surface area contributed by atoms with Crippen LogP contribution in [0.3, 0.4) is 0 Å². The van der Waals surface area contributed by atoms with Crippen molar-refractivity contribution in [3.63, 3.8) is 0 Å². The van der Waals surface area contributed by atoms with Crippen molar-refractivity contribution >= 4 is 11.6 Å². The molecule has 0 saturated carbocycles. The van der Waals surface area contributed by atoms with Gasteiger partial charge in [0.15, 0.2) is 0 Å². The van der Waals surface area contributed by atoms with Crippen LogP contribution in [0.1, 0.15) is 17.2 Å². The molecule has 0 aliphatic carbocycles. The molecule has 0 radical (unpaired) electrons. The van der Waals surface area contributed by atoms with Gasteiger partial charge in [0.1, 0.15) is 5.82 Å². The van der Waals surface area contributed by atoms with E-state index in [1.807, 2.05) is 36.5 Å². The van der Waals surface area contributed by atoms with Gasteiger partial charge in [0.25, 0.3) is 0 Å². The van der Waals surface area contributed by atoms with E-state index in [2.05, 4.69) is 39.4 Å². The van der Waals surface area contributed by atoms with E-state index in [0.717, 1.165) is 35.3 Å². The van der Waals surface area contributed by atoms with E-state index in [4.69, 9.17) is 16.3 Å². The monoisotopic (exact) mass is 447 g/mol. The first-order chi connectivity index (χ1) is 15.7. The molecule has 5 rings (SSSR count). The van der Waals surface area contributed by atoms with Gasteiger partial charge in [-0.25, -0.2) is 4.39 Å². The second-order valence-corrected chi connectivity index (χ2v) is 8.30. The number of aromatic nitrogens is 2. The van der Waals surface area contributed by atoms with Crippen molar-refractivity contribution in [3.05, 3.63) is 101 Å². The molecular formula is C26H23ClFN3O. The minimum atomic E-state index is -0.268. The lowest BCUT2D eigenvalue weighted by Crippen LogP contribution is -2.39. The summed E-state index contributed by atoms with van der Waals surface area (Å²) in [6, 6.07) is 23.0. The minimum Gasteiger partial charge on any atom is -0.379 e.